The van der Waals surface area contributed by atoms with E-state index < -0.39 is 0 Å². The number of rotatable bonds is 5. The predicted molar refractivity (Wildman–Crippen MR) is 81.0 cm³/mol. The third kappa shape index (κ3) is 2.94. The van der Waals surface area contributed by atoms with Gasteiger partial charge in [-0.1, -0.05) is 22.0 Å². The van der Waals surface area contributed by atoms with Gasteiger partial charge in [-0.25, -0.2) is 0 Å². The number of hydrogen-bond acceptors (Lipinski definition) is 2. The van der Waals surface area contributed by atoms with Gasteiger partial charge < -0.3 is 15.2 Å². The van der Waals surface area contributed by atoms with E-state index in [-0.39, 0.29) is 0 Å². The van der Waals surface area contributed by atoms with Gasteiger partial charge in [-0.3, -0.25) is 0 Å². The van der Waals surface area contributed by atoms with Crippen LogP contribution in [0.15, 0.2) is 28.9 Å². The van der Waals surface area contributed by atoms with Crippen LogP contribution in [0.25, 0.3) is 10.9 Å². The van der Waals surface area contributed by atoms with Crippen LogP contribution in [0.2, 0.25) is 0 Å². The van der Waals surface area contributed by atoms with Crippen molar-refractivity contribution >= 4 is 26.8 Å². The summed E-state index contributed by atoms with van der Waals surface area (Å²) in [7, 11) is 4.20. The standard InChI is InChI=1S/C14H20BrN3/c1-17(2)7-8-18-10-11(5-6-16)13-4-3-12(15)9-14(13)18/h3-4,9-10H,5-8,16H2,1-2H3. The Labute approximate surface area is 117 Å². The first-order chi connectivity index (χ1) is 8.61. The van der Waals surface area contributed by atoms with Crippen LogP contribution >= 0.6 is 15.9 Å². The zero-order valence-corrected chi connectivity index (χ0v) is 12.6. The Hall–Kier alpha value is -0.840. The van der Waals surface area contributed by atoms with Gasteiger partial charge in [0.2, 0.25) is 0 Å². The number of aromatic nitrogens is 1. The van der Waals surface area contributed by atoms with E-state index in [2.05, 4.69) is 63.9 Å². The van der Waals surface area contributed by atoms with Crippen molar-refractivity contribution in [2.45, 2.75) is 13.0 Å². The molecule has 2 aromatic rings. The maximum absolute atomic E-state index is 5.69. The fourth-order valence-corrected chi connectivity index (χ4v) is 2.54. The Morgan fingerprint density at radius 2 is 2.11 bits per heavy atom. The van der Waals surface area contributed by atoms with Crippen molar-refractivity contribution in [1.82, 2.24) is 9.47 Å². The lowest BCUT2D eigenvalue weighted by atomic mass is 10.1. The number of fused-ring (bicyclic) bond motifs is 1. The first kappa shape index (κ1) is 13.6. The summed E-state index contributed by atoms with van der Waals surface area (Å²) in [6.45, 7) is 2.74. The predicted octanol–water partition coefficient (Wildman–Crippen LogP) is 2.47. The molecule has 0 saturated heterocycles. The van der Waals surface area contributed by atoms with Gasteiger partial charge in [-0.15, -0.1) is 0 Å². The lowest BCUT2D eigenvalue weighted by Gasteiger charge is -2.11. The van der Waals surface area contributed by atoms with Gasteiger partial charge in [0.1, 0.15) is 0 Å². The van der Waals surface area contributed by atoms with Crippen molar-refractivity contribution in [3.8, 4) is 0 Å². The SMILES string of the molecule is CN(C)CCn1cc(CCN)c2ccc(Br)cc21. The molecule has 1 aromatic heterocycles. The molecule has 18 heavy (non-hydrogen) atoms. The van der Waals surface area contributed by atoms with Crippen LogP contribution in [-0.2, 0) is 13.0 Å². The third-order valence-corrected chi connectivity index (χ3v) is 3.62. The van der Waals surface area contributed by atoms with Crippen molar-refractivity contribution in [2.24, 2.45) is 5.73 Å². The number of benzene rings is 1. The minimum Gasteiger partial charge on any atom is -0.346 e. The van der Waals surface area contributed by atoms with Crippen LogP contribution < -0.4 is 5.73 Å². The second kappa shape index (κ2) is 5.87. The minimum atomic E-state index is 0.697. The van der Waals surface area contributed by atoms with Gasteiger partial charge in [0.25, 0.3) is 0 Å². The molecular weight excluding hydrogens is 290 g/mol. The topological polar surface area (TPSA) is 34.2 Å². The fraction of sp³-hybridized carbons (Fsp3) is 0.429. The van der Waals surface area contributed by atoms with Gasteiger partial charge >= 0.3 is 0 Å². The van der Waals surface area contributed by atoms with Crippen molar-refractivity contribution in [1.29, 1.82) is 0 Å². The maximum Gasteiger partial charge on any atom is 0.0494 e. The number of halogens is 1. The quantitative estimate of drug-likeness (QED) is 0.920. The minimum absolute atomic E-state index is 0.697. The molecular formula is C14H20BrN3. The Kier molecular flexibility index (Phi) is 4.43. The van der Waals surface area contributed by atoms with E-state index in [0.717, 1.165) is 24.0 Å². The normalized spacial score (nSPS) is 11.6. The van der Waals surface area contributed by atoms with E-state index in [1.165, 1.54) is 16.5 Å². The summed E-state index contributed by atoms with van der Waals surface area (Å²) in [4.78, 5) is 2.20. The molecule has 0 aliphatic heterocycles. The summed E-state index contributed by atoms with van der Waals surface area (Å²) in [5, 5.41) is 1.32. The van der Waals surface area contributed by atoms with Crippen molar-refractivity contribution in [3.63, 3.8) is 0 Å². The molecule has 0 aliphatic rings. The second-order valence-corrected chi connectivity index (χ2v) is 5.77. The molecule has 0 radical (unpaired) electrons. The Morgan fingerprint density at radius 1 is 1.33 bits per heavy atom. The summed E-state index contributed by atoms with van der Waals surface area (Å²) in [6, 6.07) is 6.46. The Morgan fingerprint density at radius 3 is 2.78 bits per heavy atom. The molecule has 0 atom stereocenters. The van der Waals surface area contributed by atoms with E-state index in [0.29, 0.717) is 6.54 Å². The molecule has 0 unspecified atom stereocenters. The lowest BCUT2D eigenvalue weighted by molar-refractivity contribution is 0.387. The third-order valence-electron chi connectivity index (χ3n) is 3.13. The highest BCUT2D eigenvalue weighted by Gasteiger charge is 2.08. The molecule has 0 aliphatic carbocycles. The monoisotopic (exact) mass is 309 g/mol. The van der Waals surface area contributed by atoms with E-state index in [9.17, 15) is 0 Å². The summed E-state index contributed by atoms with van der Waals surface area (Å²) in [6.07, 6.45) is 3.18. The number of nitrogens with two attached hydrogens (primary N) is 1. The average Bonchev–Trinajstić information content (AvgIpc) is 2.65. The second-order valence-electron chi connectivity index (χ2n) is 4.85. The van der Waals surface area contributed by atoms with E-state index >= 15 is 0 Å². The molecule has 3 nitrogen and oxygen atoms in total. The summed E-state index contributed by atoms with van der Waals surface area (Å²) in [5.74, 6) is 0. The smallest absolute Gasteiger partial charge is 0.0494 e. The van der Waals surface area contributed by atoms with Gasteiger partial charge in [-0.05, 0) is 44.8 Å². The van der Waals surface area contributed by atoms with E-state index in [1.807, 2.05) is 0 Å². The highest BCUT2D eigenvalue weighted by atomic mass is 79.9. The van der Waals surface area contributed by atoms with Crippen molar-refractivity contribution in [2.75, 3.05) is 27.2 Å². The van der Waals surface area contributed by atoms with Crippen LogP contribution in [0.5, 0.6) is 0 Å². The zero-order valence-electron chi connectivity index (χ0n) is 11.0. The Bertz CT molecular complexity index is 531. The van der Waals surface area contributed by atoms with Crippen LogP contribution in [0, 0.1) is 0 Å². The highest BCUT2D eigenvalue weighted by molar-refractivity contribution is 9.10. The van der Waals surface area contributed by atoms with E-state index in [4.69, 9.17) is 5.73 Å². The summed E-state index contributed by atoms with van der Waals surface area (Å²) >= 11 is 3.55. The summed E-state index contributed by atoms with van der Waals surface area (Å²) < 4.78 is 3.45. The molecule has 0 spiro atoms. The highest BCUT2D eigenvalue weighted by Crippen LogP contribution is 2.25. The first-order valence-corrected chi connectivity index (χ1v) is 7.03. The van der Waals surface area contributed by atoms with Crippen LogP contribution in [0.4, 0.5) is 0 Å². The molecule has 98 valence electrons. The largest absolute Gasteiger partial charge is 0.346 e. The lowest BCUT2D eigenvalue weighted by Crippen LogP contribution is -2.17. The van der Waals surface area contributed by atoms with E-state index in [1.54, 1.807) is 0 Å². The molecule has 0 fully saturated rings. The van der Waals surface area contributed by atoms with Crippen LogP contribution in [-0.4, -0.2) is 36.7 Å². The average molecular weight is 310 g/mol. The molecule has 1 heterocycles. The zero-order chi connectivity index (χ0) is 13.1. The Balaban J connectivity index is 2.41. The van der Waals surface area contributed by atoms with Crippen molar-refractivity contribution in [3.05, 3.63) is 34.4 Å². The maximum atomic E-state index is 5.69. The van der Waals surface area contributed by atoms with Crippen molar-refractivity contribution < 1.29 is 0 Å². The number of hydrogen-bond donors (Lipinski definition) is 1. The molecule has 0 bridgehead atoms. The summed E-state index contributed by atoms with van der Waals surface area (Å²) in [5.41, 5.74) is 8.32. The first-order valence-electron chi connectivity index (χ1n) is 6.24. The van der Waals surface area contributed by atoms with Gasteiger partial charge in [0.15, 0.2) is 0 Å². The fourth-order valence-electron chi connectivity index (χ4n) is 2.19. The van der Waals surface area contributed by atoms with Crippen LogP contribution in [0.1, 0.15) is 5.56 Å². The van der Waals surface area contributed by atoms with Gasteiger partial charge in [0, 0.05) is 34.7 Å². The molecule has 2 rings (SSSR count). The molecule has 0 saturated carbocycles. The van der Waals surface area contributed by atoms with Crippen LogP contribution in [0.3, 0.4) is 0 Å². The van der Waals surface area contributed by atoms with Gasteiger partial charge in [-0.2, -0.15) is 0 Å². The molecule has 0 amide bonds. The number of likely N-dealkylation sites (N-methyl/N-ethyl adjacent to an activating group) is 1. The molecule has 2 N–H and O–H groups in total. The molecule has 4 heteroatoms. The molecule has 1 aromatic carbocycles. The number of nitrogens with zero attached hydrogens (tertiary/aromatic N) is 2. The van der Waals surface area contributed by atoms with Gasteiger partial charge in [0.05, 0.1) is 0 Å².